The molecular formula is C22H21ClO6. The van der Waals surface area contributed by atoms with Gasteiger partial charge in [0.05, 0.1) is 17.7 Å². The van der Waals surface area contributed by atoms with Gasteiger partial charge in [0.15, 0.2) is 11.5 Å². The highest BCUT2D eigenvalue weighted by Crippen LogP contribution is 2.46. The number of fused-ring (bicyclic) bond motifs is 2. The van der Waals surface area contributed by atoms with Gasteiger partial charge in [-0.1, -0.05) is 25.4 Å². The number of carbonyl (C=O) groups is 1. The van der Waals surface area contributed by atoms with E-state index in [1.54, 1.807) is 13.0 Å². The van der Waals surface area contributed by atoms with E-state index < -0.39 is 5.97 Å². The molecule has 0 spiro atoms. The molecule has 6 nitrogen and oxygen atoms in total. The minimum absolute atomic E-state index is 0.0308. The molecular weight excluding hydrogens is 396 g/mol. The number of methoxy groups -OCH3 is 1. The van der Waals surface area contributed by atoms with E-state index in [0.717, 1.165) is 0 Å². The van der Waals surface area contributed by atoms with Crippen LogP contribution in [0.25, 0.3) is 5.57 Å². The summed E-state index contributed by atoms with van der Waals surface area (Å²) < 4.78 is 16.8. The first-order valence-corrected chi connectivity index (χ1v) is 9.47. The monoisotopic (exact) mass is 416 g/mol. The molecule has 1 aliphatic heterocycles. The summed E-state index contributed by atoms with van der Waals surface area (Å²) >= 11 is 6.32. The maximum absolute atomic E-state index is 12.8. The Morgan fingerprint density at radius 1 is 1.38 bits per heavy atom. The second kappa shape index (κ2) is 8.19. The fourth-order valence-corrected chi connectivity index (χ4v) is 3.49. The maximum Gasteiger partial charge on any atom is 0.346 e. The van der Waals surface area contributed by atoms with E-state index >= 15 is 0 Å². The normalized spacial score (nSPS) is 12.7. The highest BCUT2D eigenvalue weighted by molar-refractivity contribution is 6.32. The zero-order valence-electron chi connectivity index (χ0n) is 16.6. The molecule has 0 atom stereocenters. The number of halogens is 1. The van der Waals surface area contributed by atoms with E-state index in [0.29, 0.717) is 33.7 Å². The van der Waals surface area contributed by atoms with Crippen molar-refractivity contribution in [2.75, 3.05) is 7.11 Å². The van der Waals surface area contributed by atoms with Gasteiger partial charge < -0.3 is 19.3 Å². The number of aryl methyl sites for hydroxylation is 1. The van der Waals surface area contributed by atoms with Crippen molar-refractivity contribution >= 4 is 29.1 Å². The number of benzene rings is 2. The Hall–Kier alpha value is -2.95. The van der Waals surface area contributed by atoms with Crippen molar-refractivity contribution in [1.82, 2.24) is 0 Å². The fourth-order valence-electron chi connectivity index (χ4n) is 3.30. The zero-order valence-corrected chi connectivity index (χ0v) is 17.3. The Kier molecular flexibility index (Phi) is 5.87. The molecule has 1 N–H and O–H groups in total. The number of hydrogen-bond acceptors (Lipinski definition) is 6. The van der Waals surface area contributed by atoms with Crippen molar-refractivity contribution < 1.29 is 28.9 Å². The van der Waals surface area contributed by atoms with Crippen molar-refractivity contribution in [1.29, 1.82) is 0 Å². The highest BCUT2D eigenvalue weighted by atomic mass is 35.5. The predicted molar refractivity (Wildman–Crippen MR) is 109 cm³/mol. The largest absolute Gasteiger partial charge is 0.504 e. The minimum Gasteiger partial charge on any atom is -0.504 e. The molecule has 0 bridgehead atoms. The number of allylic oxidation sites excluding steroid dienone is 1. The molecule has 29 heavy (non-hydrogen) atoms. The van der Waals surface area contributed by atoms with Crippen LogP contribution >= 0.6 is 11.6 Å². The molecule has 0 unspecified atom stereocenters. The predicted octanol–water partition coefficient (Wildman–Crippen LogP) is 5.09. The third-order valence-corrected chi connectivity index (χ3v) is 5.15. The number of cyclic esters (lactones) is 1. The summed E-state index contributed by atoms with van der Waals surface area (Å²) in [5.74, 6) is 1.74. The van der Waals surface area contributed by atoms with Crippen LogP contribution in [0.2, 0.25) is 5.02 Å². The lowest BCUT2D eigenvalue weighted by Gasteiger charge is -2.23. The molecule has 0 amide bonds. The summed E-state index contributed by atoms with van der Waals surface area (Å²) in [6.45, 7) is 5.49. The number of aromatic hydroxyl groups is 1. The standard InChI is InChI=1S/C22H21ClO6/c1-11(2)7-13(9-24)14-5-6-17-18(21(14)27-4)22(26)28-10-15-19(23)12(3)8-16(25)20(15)29-17/h5-6,8,11,25H,7,10H2,1-4H3. The molecule has 7 heteroatoms. The second-order valence-electron chi connectivity index (χ2n) is 7.21. The number of esters is 1. The molecule has 2 aromatic rings. The maximum atomic E-state index is 12.8. The molecule has 0 aliphatic carbocycles. The average molecular weight is 417 g/mol. The zero-order chi connectivity index (χ0) is 21.3. The Morgan fingerprint density at radius 3 is 2.72 bits per heavy atom. The van der Waals surface area contributed by atoms with E-state index in [4.69, 9.17) is 25.8 Å². The lowest BCUT2D eigenvalue weighted by molar-refractivity contribution is 0.0455. The molecule has 0 aromatic heterocycles. The van der Waals surface area contributed by atoms with Gasteiger partial charge in [0, 0.05) is 11.1 Å². The van der Waals surface area contributed by atoms with E-state index in [2.05, 4.69) is 0 Å². The first-order chi connectivity index (χ1) is 13.8. The Morgan fingerprint density at radius 2 is 2.10 bits per heavy atom. The highest BCUT2D eigenvalue weighted by Gasteiger charge is 2.30. The van der Waals surface area contributed by atoms with Crippen molar-refractivity contribution in [2.24, 2.45) is 5.92 Å². The van der Waals surface area contributed by atoms with Crippen LogP contribution in [0.1, 0.15) is 47.3 Å². The number of rotatable bonds is 4. The van der Waals surface area contributed by atoms with Gasteiger partial charge in [-0.15, -0.1) is 0 Å². The van der Waals surface area contributed by atoms with Crippen LogP contribution in [-0.2, 0) is 16.1 Å². The van der Waals surface area contributed by atoms with Crippen LogP contribution in [0.3, 0.4) is 0 Å². The van der Waals surface area contributed by atoms with Crippen molar-refractivity contribution in [3.05, 3.63) is 45.5 Å². The molecule has 0 radical (unpaired) electrons. The molecule has 0 saturated heterocycles. The van der Waals surface area contributed by atoms with Crippen LogP contribution < -0.4 is 9.47 Å². The Labute approximate surface area is 173 Å². The van der Waals surface area contributed by atoms with E-state index in [-0.39, 0.29) is 41.1 Å². The van der Waals surface area contributed by atoms with Gasteiger partial charge in [0.25, 0.3) is 0 Å². The summed E-state index contributed by atoms with van der Waals surface area (Å²) in [5, 5.41) is 10.7. The molecule has 1 aliphatic rings. The lowest BCUT2D eigenvalue weighted by Crippen LogP contribution is -2.14. The molecule has 152 valence electrons. The molecule has 0 fully saturated rings. The number of carbonyl (C=O) groups excluding carboxylic acids is 2. The summed E-state index contributed by atoms with van der Waals surface area (Å²) in [5.41, 5.74) is 1.87. The third kappa shape index (κ3) is 3.82. The second-order valence-corrected chi connectivity index (χ2v) is 7.59. The summed E-state index contributed by atoms with van der Waals surface area (Å²) in [6.07, 6.45) is 0.465. The molecule has 0 saturated carbocycles. The molecule has 3 rings (SSSR count). The van der Waals surface area contributed by atoms with Gasteiger partial charge in [0.2, 0.25) is 0 Å². The lowest BCUT2D eigenvalue weighted by atomic mass is 9.94. The van der Waals surface area contributed by atoms with Gasteiger partial charge >= 0.3 is 5.97 Å². The summed E-state index contributed by atoms with van der Waals surface area (Å²) in [7, 11) is 1.40. The van der Waals surface area contributed by atoms with Crippen LogP contribution in [0.4, 0.5) is 0 Å². The van der Waals surface area contributed by atoms with E-state index in [9.17, 15) is 14.7 Å². The van der Waals surface area contributed by atoms with Gasteiger partial charge in [-0.3, -0.25) is 0 Å². The number of hydrogen-bond donors (Lipinski definition) is 1. The average Bonchev–Trinajstić information content (AvgIpc) is 2.67. The fraction of sp³-hybridized carbons (Fsp3) is 0.318. The quantitative estimate of drug-likeness (QED) is 0.552. The topological polar surface area (TPSA) is 82.1 Å². The van der Waals surface area contributed by atoms with Gasteiger partial charge in [0.1, 0.15) is 29.6 Å². The number of phenolic OH excluding ortho intramolecular Hbond substituents is 1. The minimum atomic E-state index is -0.684. The van der Waals surface area contributed by atoms with Gasteiger partial charge in [-0.2, -0.15) is 0 Å². The van der Waals surface area contributed by atoms with Gasteiger partial charge in [-0.25, -0.2) is 9.59 Å². The third-order valence-electron chi connectivity index (χ3n) is 4.62. The smallest absolute Gasteiger partial charge is 0.346 e. The van der Waals surface area contributed by atoms with Crippen LogP contribution in [0.5, 0.6) is 23.0 Å². The van der Waals surface area contributed by atoms with Crippen LogP contribution in [0.15, 0.2) is 18.2 Å². The van der Waals surface area contributed by atoms with Crippen LogP contribution in [-0.4, -0.2) is 24.1 Å². The first-order valence-electron chi connectivity index (χ1n) is 9.09. The summed E-state index contributed by atoms with van der Waals surface area (Å²) in [6, 6.07) is 4.64. The van der Waals surface area contributed by atoms with Crippen molar-refractivity contribution in [3.63, 3.8) is 0 Å². The molecule has 1 heterocycles. The summed E-state index contributed by atoms with van der Waals surface area (Å²) in [4.78, 5) is 24.4. The van der Waals surface area contributed by atoms with Crippen molar-refractivity contribution in [3.8, 4) is 23.0 Å². The van der Waals surface area contributed by atoms with E-state index in [1.807, 2.05) is 19.8 Å². The van der Waals surface area contributed by atoms with Crippen molar-refractivity contribution in [2.45, 2.75) is 33.8 Å². The van der Waals surface area contributed by atoms with E-state index in [1.165, 1.54) is 19.2 Å². The SMILES string of the molecule is COc1c(C(=C=O)CC(C)C)ccc2c1C(=O)OCc1c(Cl)c(C)cc(O)c1O2. The Bertz CT molecular complexity index is 1030. The van der Waals surface area contributed by atoms with Crippen LogP contribution in [0, 0.1) is 12.8 Å². The number of ether oxygens (including phenoxy) is 3. The number of phenols is 1. The first kappa shape index (κ1) is 20.8. The Balaban J connectivity index is 2.21. The van der Waals surface area contributed by atoms with Gasteiger partial charge in [-0.05, 0) is 43.0 Å². The molecule has 2 aromatic carbocycles.